The second kappa shape index (κ2) is 4.68. The van der Waals surface area contributed by atoms with Gasteiger partial charge in [-0.3, -0.25) is 4.79 Å². The third-order valence-electron chi connectivity index (χ3n) is 3.39. The number of carboxylic acid groups (broad SMARTS) is 1. The number of rotatable bonds is 3. The van der Waals surface area contributed by atoms with Crippen LogP contribution in [0.25, 0.3) is 20.7 Å². The Hall–Kier alpha value is -1.72. The Bertz CT molecular complexity index is 786. The van der Waals surface area contributed by atoms with Crippen LogP contribution in [0, 0.1) is 0 Å². The molecule has 0 amide bonds. The Morgan fingerprint density at radius 2 is 1.95 bits per heavy atom. The first kappa shape index (κ1) is 13.3. The molecule has 2 heterocycles. The SMILES string of the molecule is CC(C)(C(=O)O)c1csc(-c2csc3ccccc23)n1. The summed E-state index contributed by atoms with van der Waals surface area (Å²) in [6.07, 6.45) is 0. The molecule has 0 aliphatic heterocycles. The maximum Gasteiger partial charge on any atom is 0.315 e. The Labute approximate surface area is 124 Å². The van der Waals surface area contributed by atoms with E-state index in [0.29, 0.717) is 5.69 Å². The number of nitrogens with zero attached hydrogens (tertiary/aromatic N) is 1. The van der Waals surface area contributed by atoms with Crippen LogP contribution in [0.15, 0.2) is 35.0 Å². The minimum atomic E-state index is -0.958. The van der Waals surface area contributed by atoms with Crippen molar-refractivity contribution < 1.29 is 9.90 Å². The first-order valence-corrected chi connectivity index (χ1v) is 7.92. The van der Waals surface area contributed by atoms with Crippen LogP contribution in [0.3, 0.4) is 0 Å². The molecule has 3 aromatic rings. The van der Waals surface area contributed by atoms with Crippen LogP contribution in [-0.4, -0.2) is 16.1 Å². The van der Waals surface area contributed by atoms with Gasteiger partial charge in [0.05, 0.1) is 5.69 Å². The lowest BCUT2D eigenvalue weighted by molar-refractivity contribution is -0.142. The highest BCUT2D eigenvalue weighted by molar-refractivity contribution is 7.18. The van der Waals surface area contributed by atoms with Crippen LogP contribution in [0.2, 0.25) is 0 Å². The van der Waals surface area contributed by atoms with E-state index in [-0.39, 0.29) is 0 Å². The lowest BCUT2D eigenvalue weighted by atomic mass is 9.90. The summed E-state index contributed by atoms with van der Waals surface area (Å²) in [6, 6.07) is 8.18. The molecular weight excluding hydrogens is 290 g/mol. The van der Waals surface area contributed by atoms with Gasteiger partial charge < -0.3 is 5.11 Å². The molecule has 0 fully saturated rings. The number of hydrogen-bond acceptors (Lipinski definition) is 4. The number of thiazole rings is 1. The Balaban J connectivity index is 2.09. The van der Waals surface area contributed by atoms with Gasteiger partial charge in [-0.2, -0.15) is 0 Å². The standard InChI is InChI=1S/C15H13NO2S2/c1-15(2,14(17)18)12-8-20-13(16-12)10-7-19-11-6-4-3-5-9(10)11/h3-8H,1-2H3,(H,17,18). The molecule has 0 radical (unpaired) electrons. The average Bonchev–Trinajstić information content (AvgIpc) is 3.04. The molecule has 2 aromatic heterocycles. The normalized spacial score (nSPS) is 11.9. The van der Waals surface area contributed by atoms with Crippen molar-refractivity contribution in [3.8, 4) is 10.6 Å². The van der Waals surface area contributed by atoms with E-state index in [0.717, 1.165) is 10.6 Å². The molecule has 0 saturated heterocycles. The predicted molar refractivity (Wildman–Crippen MR) is 83.6 cm³/mol. The van der Waals surface area contributed by atoms with Crippen molar-refractivity contribution in [1.29, 1.82) is 0 Å². The zero-order valence-corrected chi connectivity index (χ0v) is 12.7. The summed E-state index contributed by atoms with van der Waals surface area (Å²) in [5.41, 5.74) is 0.740. The molecular formula is C15H13NO2S2. The van der Waals surface area contributed by atoms with E-state index < -0.39 is 11.4 Å². The molecule has 0 aliphatic rings. The minimum Gasteiger partial charge on any atom is -0.481 e. The van der Waals surface area contributed by atoms with E-state index in [9.17, 15) is 9.90 Å². The molecule has 3 rings (SSSR count). The van der Waals surface area contributed by atoms with Gasteiger partial charge in [-0.25, -0.2) is 4.98 Å². The van der Waals surface area contributed by atoms with E-state index in [1.165, 1.54) is 21.4 Å². The molecule has 102 valence electrons. The monoisotopic (exact) mass is 303 g/mol. The van der Waals surface area contributed by atoms with Gasteiger partial charge in [0.25, 0.3) is 0 Å². The van der Waals surface area contributed by atoms with Crippen LogP contribution in [0.1, 0.15) is 19.5 Å². The Kier molecular flexibility index (Phi) is 3.11. The van der Waals surface area contributed by atoms with Crippen LogP contribution in [-0.2, 0) is 10.2 Å². The van der Waals surface area contributed by atoms with E-state index in [2.05, 4.69) is 22.5 Å². The van der Waals surface area contributed by atoms with Gasteiger partial charge in [0.2, 0.25) is 0 Å². The molecule has 0 bridgehead atoms. The van der Waals surface area contributed by atoms with Crippen molar-refractivity contribution in [1.82, 2.24) is 4.98 Å². The van der Waals surface area contributed by atoms with Crippen molar-refractivity contribution in [3.63, 3.8) is 0 Å². The molecule has 5 heteroatoms. The average molecular weight is 303 g/mol. The molecule has 0 spiro atoms. The second-order valence-electron chi connectivity index (χ2n) is 5.11. The third kappa shape index (κ3) is 2.03. The molecule has 20 heavy (non-hydrogen) atoms. The quantitative estimate of drug-likeness (QED) is 0.781. The van der Waals surface area contributed by atoms with Gasteiger partial charge in [-0.15, -0.1) is 22.7 Å². The van der Waals surface area contributed by atoms with E-state index >= 15 is 0 Å². The van der Waals surface area contributed by atoms with Crippen LogP contribution in [0.5, 0.6) is 0 Å². The highest BCUT2D eigenvalue weighted by atomic mass is 32.1. The van der Waals surface area contributed by atoms with Crippen LogP contribution >= 0.6 is 22.7 Å². The van der Waals surface area contributed by atoms with Gasteiger partial charge in [-0.1, -0.05) is 18.2 Å². The minimum absolute atomic E-state index is 0.611. The summed E-state index contributed by atoms with van der Waals surface area (Å²) in [5, 5.41) is 15.3. The summed E-state index contributed by atoms with van der Waals surface area (Å²) in [5.74, 6) is -0.857. The van der Waals surface area contributed by atoms with Crippen LogP contribution in [0.4, 0.5) is 0 Å². The number of fused-ring (bicyclic) bond motifs is 1. The Morgan fingerprint density at radius 1 is 1.20 bits per heavy atom. The van der Waals surface area contributed by atoms with E-state index in [1.54, 1.807) is 25.2 Å². The molecule has 3 nitrogen and oxygen atoms in total. The first-order chi connectivity index (χ1) is 9.50. The third-order valence-corrected chi connectivity index (χ3v) is 5.23. The van der Waals surface area contributed by atoms with Crippen molar-refractivity contribution in [3.05, 3.63) is 40.7 Å². The fourth-order valence-corrected chi connectivity index (χ4v) is 3.98. The van der Waals surface area contributed by atoms with Crippen molar-refractivity contribution in [2.75, 3.05) is 0 Å². The van der Waals surface area contributed by atoms with E-state index in [4.69, 9.17) is 0 Å². The first-order valence-electron chi connectivity index (χ1n) is 6.16. The van der Waals surface area contributed by atoms with Crippen molar-refractivity contribution in [2.45, 2.75) is 19.3 Å². The highest BCUT2D eigenvalue weighted by Gasteiger charge is 2.32. The molecule has 0 atom stereocenters. The highest BCUT2D eigenvalue weighted by Crippen LogP contribution is 2.37. The smallest absolute Gasteiger partial charge is 0.315 e. The fraction of sp³-hybridized carbons (Fsp3) is 0.200. The maximum absolute atomic E-state index is 11.3. The lowest BCUT2D eigenvalue weighted by Gasteiger charge is -2.15. The molecule has 0 aliphatic carbocycles. The van der Waals surface area contributed by atoms with Crippen LogP contribution < -0.4 is 0 Å². The van der Waals surface area contributed by atoms with Gasteiger partial charge in [0.15, 0.2) is 0 Å². The molecule has 0 saturated carbocycles. The summed E-state index contributed by atoms with van der Waals surface area (Å²) >= 11 is 3.18. The maximum atomic E-state index is 11.3. The zero-order valence-electron chi connectivity index (χ0n) is 11.1. The molecule has 0 unspecified atom stereocenters. The van der Waals surface area contributed by atoms with Crippen molar-refractivity contribution >= 4 is 38.7 Å². The number of aliphatic carboxylic acids is 1. The number of benzene rings is 1. The number of aromatic nitrogens is 1. The fourth-order valence-electron chi connectivity index (χ4n) is 1.94. The second-order valence-corrected chi connectivity index (χ2v) is 6.88. The van der Waals surface area contributed by atoms with Gasteiger partial charge in [0, 0.05) is 26.4 Å². The summed E-state index contributed by atoms with van der Waals surface area (Å²) in [7, 11) is 0. The predicted octanol–water partition coefficient (Wildman–Crippen LogP) is 4.39. The summed E-state index contributed by atoms with van der Waals surface area (Å²) in [6.45, 7) is 3.36. The molecule has 1 aromatic carbocycles. The topological polar surface area (TPSA) is 50.2 Å². The number of carbonyl (C=O) groups is 1. The number of hydrogen-bond donors (Lipinski definition) is 1. The molecule has 1 N–H and O–H groups in total. The van der Waals surface area contributed by atoms with E-state index in [1.807, 2.05) is 17.5 Å². The summed E-state index contributed by atoms with van der Waals surface area (Å²) in [4.78, 5) is 15.8. The van der Waals surface area contributed by atoms with Crippen molar-refractivity contribution in [2.24, 2.45) is 0 Å². The number of carboxylic acids is 1. The number of thiophene rings is 1. The lowest BCUT2D eigenvalue weighted by Crippen LogP contribution is -2.28. The summed E-state index contributed by atoms with van der Waals surface area (Å²) < 4.78 is 1.22. The largest absolute Gasteiger partial charge is 0.481 e. The van der Waals surface area contributed by atoms with Gasteiger partial charge >= 0.3 is 5.97 Å². The van der Waals surface area contributed by atoms with Gasteiger partial charge in [0.1, 0.15) is 10.4 Å². The van der Waals surface area contributed by atoms with Gasteiger partial charge in [-0.05, 0) is 19.9 Å². The Morgan fingerprint density at radius 3 is 2.70 bits per heavy atom. The zero-order chi connectivity index (χ0) is 14.3.